The third kappa shape index (κ3) is 4.52. The zero-order valence-corrected chi connectivity index (χ0v) is 6.03. The molecule has 2 nitrogen and oxygen atoms in total. The Morgan fingerprint density at radius 1 is 2.00 bits per heavy atom. The fraction of sp³-hybridized carbons (Fsp3) is 0. The van der Waals surface area contributed by atoms with Crippen molar-refractivity contribution >= 4 is 34.6 Å². The molecule has 32 valence electrons. The van der Waals surface area contributed by atoms with Gasteiger partial charge in [0.05, 0.1) is 0 Å². The molecule has 0 fully saturated rings. The van der Waals surface area contributed by atoms with Crippen molar-refractivity contribution in [2.24, 2.45) is 0 Å². The van der Waals surface area contributed by atoms with Gasteiger partial charge in [-0.1, -0.05) is 0 Å². The second-order valence-electron chi connectivity index (χ2n) is 0.574. The summed E-state index contributed by atoms with van der Waals surface area (Å²) in [6.45, 7) is 0. The van der Waals surface area contributed by atoms with Crippen LogP contribution in [0.25, 0.3) is 0 Å². The van der Waals surface area contributed by atoms with Gasteiger partial charge in [-0.2, -0.15) is 0 Å². The normalized spacial score (nSPS) is 12.0. The summed E-state index contributed by atoms with van der Waals surface area (Å²) in [6.07, 6.45) is 0. The first-order chi connectivity index (χ1) is 2.77. The summed E-state index contributed by atoms with van der Waals surface area (Å²) >= 11 is -0.819. The first-order valence-corrected chi connectivity index (χ1v) is 6.49. The van der Waals surface area contributed by atoms with Gasteiger partial charge < -0.3 is 0 Å². The van der Waals surface area contributed by atoms with Crippen molar-refractivity contribution in [3.63, 3.8) is 0 Å². The SMILES string of the molecule is [B]P[AsH]C(=O)O. The maximum absolute atomic E-state index is 9.58. The standard InChI is InChI=1S/CH3AsBO2P/c3-6-2-1(4)5/h2,6H,(H,4,5). The number of hydrogen-bond acceptors (Lipinski definition) is 1. The molecule has 0 aromatic heterocycles. The van der Waals surface area contributed by atoms with Gasteiger partial charge in [0, 0.05) is 0 Å². The predicted molar refractivity (Wildman–Crippen MR) is 29.2 cm³/mol. The molecule has 0 amide bonds. The molecular formula is CH3AsBO2P. The molecular weight excluding hydrogens is 161 g/mol. The van der Waals surface area contributed by atoms with Gasteiger partial charge in [0.25, 0.3) is 0 Å². The first kappa shape index (κ1) is 6.52. The summed E-state index contributed by atoms with van der Waals surface area (Å²) in [5, 5.41) is 7.90. The van der Waals surface area contributed by atoms with Gasteiger partial charge in [-0.15, -0.1) is 0 Å². The molecule has 0 saturated carbocycles. The van der Waals surface area contributed by atoms with E-state index in [2.05, 4.69) is 0 Å². The zero-order valence-electron chi connectivity index (χ0n) is 2.93. The van der Waals surface area contributed by atoms with Crippen LogP contribution in [-0.2, 0) is 0 Å². The number of hydrogen-bond donors (Lipinski definition) is 1. The molecule has 0 heterocycles. The Morgan fingerprint density at radius 2 is 2.50 bits per heavy atom. The van der Waals surface area contributed by atoms with Gasteiger partial charge in [-0.25, -0.2) is 0 Å². The number of carbonyl (C=O) groups is 1. The van der Waals surface area contributed by atoms with E-state index in [0.29, 0.717) is 0 Å². The first-order valence-electron chi connectivity index (χ1n) is 1.22. The van der Waals surface area contributed by atoms with Gasteiger partial charge >= 0.3 is 44.5 Å². The van der Waals surface area contributed by atoms with E-state index in [1.807, 2.05) is 0 Å². The quantitative estimate of drug-likeness (QED) is 0.452. The molecule has 2 radical (unpaired) electrons. The Hall–Kier alpha value is 0.523. The Labute approximate surface area is 45.1 Å². The molecule has 0 aliphatic rings. The molecule has 1 N–H and O–H groups in total. The van der Waals surface area contributed by atoms with Crippen molar-refractivity contribution in [2.45, 2.75) is 0 Å². The predicted octanol–water partition coefficient (Wildman–Crippen LogP) is -0.222. The van der Waals surface area contributed by atoms with Crippen LogP contribution in [0.3, 0.4) is 0 Å². The van der Waals surface area contributed by atoms with Crippen molar-refractivity contribution < 1.29 is 9.90 Å². The molecule has 0 bridgehead atoms. The fourth-order valence-corrected chi connectivity index (χ4v) is 0.962. The summed E-state index contributed by atoms with van der Waals surface area (Å²) < 4.78 is -0.698. The van der Waals surface area contributed by atoms with Crippen molar-refractivity contribution in [2.75, 3.05) is 0 Å². The van der Waals surface area contributed by atoms with Crippen LogP contribution in [0.4, 0.5) is 4.79 Å². The summed E-state index contributed by atoms with van der Waals surface area (Å²) in [6, 6.07) is 0. The Bertz CT molecular complexity index is 57.5. The monoisotopic (exact) mass is 164 g/mol. The van der Waals surface area contributed by atoms with E-state index in [9.17, 15) is 4.79 Å². The molecule has 0 aliphatic carbocycles. The van der Waals surface area contributed by atoms with Crippen LogP contribution >= 0.6 is 7.02 Å². The van der Waals surface area contributed by atoms with Crippen LogP contribution in [0.2, 0.25) is 0 Å². The second-order valence-corrected chi connectivity index (χ2v) is 5.40. The van der Waals surface area contributed by atoms with Crippen LogP contribution in [0.15, 0.2) is 0 Å². The summed E-state index contributed by atoms with van der Waals surface area (Å²) in [7, 11) is 5.10. The molecule has 0 saturated heterocycles. The van der Waals surface area contributed by atoms with E-state index < -0.39 is 20.1 Å². The van der Waals surface area contributed by atoms with Crippen molar-refractivity contribution in [1.29, 1.82) is 0 Å². The maximum atomic E-state index is 9.58. The van der Waals surface area contributed by atoms with Gasteiger partial charge in [0.1, 0.15) is 0 Å². The minimum atomic E-state index is -0.819. The van der Waals surface area contributed by atoms with E-state index in [-0.39, 0.29) is 7.02 Å². The Balaban J connectivity index is 2.83. The Kier molecular flexibility index (Phi) is 4.03. The topological polar surface area (TPSA) is 37.3 Å². The van der Waals surface area contributed by atoms with Gasteiger partial charge in [-0.3, -0.25) is 0 Å². The third-order valence-electron chi connectivity index (χ3n) is 0.179. The van der Waals surface area contributed by atoms with Gasteiger partial charge in [0.2, 0.25) is 0 Å². The van der Waals surface area contributed by atoms with Crippen LogP contribution in [0.1, 0.15) is 0 Å². The van der Waals surface area contributed by atoms with Gasteiger partial charge in [0.15, 0.2) is 0 Å². The van der Waals surface area contributed by atoms with Crippen molar-refractivity contribution in [1.82, 2.24) is 0 Å². The molecule has 5 heteroatoms. The van der Waals surface area contributed by atoms with E-state index in [4.69, 9.17) is 12.7 Å². The van der Waals surface area contributed by atoms with Crippen molar-refractivity contribution in [3.05, 3.63) is 0 Å². The van der Waals surface area contributed by atoms with E-state index in [1.54, 1.807) is 0 Å². The number of rotatable bonds is 2. The summed E-state index contributed by atoms with van der Waals surface area (Å²) in [5.74, 6) is 0. The molecule has 6 heavy (non-hydrogen) atoms. The van der Waals surface area contributed by atoms with E-state index in [0.717, 1.165) is 0 Å². The summed E-state index contributed by atoms with van der Waals surface area (Å²) in [5.41, 5.74) is 0. The molecule has 0 aromatic carbocycles. The van der Waals surface area contributed by atoms with E-state index >= 15 is 0 Å². The zero-order chi connectivity index (χ0) is 4.99. The van der Waals surface area contributed by atoms with Crippen LogP contribution in [-0.4, -0.2) is 32.7 Å². The van der Waals surface area contributed by atoms with Crippen LogP contribution in [0, 0.1) is 0 Å². The summed E-state index contributed by atoms with van der Waals surface area (Å²) in [4.78, 5) is 9.58. The molecule has 0 aliphatic heterocycles. The minimum absolute atomic E-state index is 0.164. The van der Waals surface area contributed by atoms with E-state index in [1.165, 1.54) is 0 Å². The fourth-order valence-electron chi connectivity index (χ4n) is 0.0617. The van der Waals surface area contributed by atoms with Gasteiger partial charge in [-0.05, 0) is 0 Å². The molecule has 0 spiro atoms. The molecule has 2 atom stereocenters. The third-order valence-corrected chi connectivity index (χ3v) is 2.79. The molecule has 0 rings (SSSR count). The van der Waals surface area contributed by atoms with Crippen LogP contribution in [0.5, 0.6) is 0 Å². The van der Waals surface area contributed by atoms with Crippen molar-refractivity contribution in [3.8, 4) is 0 Å². The Morgan fingerprint density at radius 3 is 2.50 bits per heavy atom. The second kappa shape index (κ2) is 3.70. The van der Waals surface area contributed by atoms with Crippen LogP contribution < -0.4 is 0 Å². The average Bonchev–Trinajstić information content (AvgIpc) is 1.35. The molecule has 0 aromatic rings. The average molecular weight is 164 g/mol. The number of carboxylic acid groups (broad SMARTS) is 1. The molecule has 2 unspecified atom stereocenters.